The Kier molecular flexibility index (Phi) is 5.31. The molecule has 1 aliphatic heterocycles. The predicted molar refractivity (Wildman–Crippen MR) is 115 cm³/mol. The molecular formula is C22H24N4O4. The van der Waals surface area contributed by atoms with Crippen molar-refractivity contribution in [2.75, 3.05) is 51.3 Å². The summed E-state index contributed by atoms with van der Waals surface area (Å²) in [6.07, 6.45) is 0.784. The van der Waals surface area contributed by atoms with E-state index < -0.39 is 0 Å². The minimum atomic E-state index is -0.228. The van der Waals surface area contributed by atoms with Gasteiger partial charge >= 0.3 is 0 Å². The fraction of sp³-hybridized carbons (Fsp3) is 0.318. The summed E-state index contributed by atoms with van der Waals surface area (Å²) < 4.78 is 16.3. The Morgan fingerprint density at radius 1 is 0.867 bits per heavy atom. The number of fused-ring (bicyclic) bond motifs is 2. The average molecular weight is 408 g/mol. The Balaban J connectivity index is 1.86. The van der Waals surface area contributed by atoms with Gasteiger partial charge in [0.2, 0.25) is 5.75 Å². The summed E-state index contributed by atoms with van der Waals surface area (Å²) in [5.74, 6) is 2.19. The molecule has 156 valence electrons. The van der Waals surface area contributed by atoms with E-state index in [1.807, 2.05) is 36.2 Å². The maximum Gasteiger partial charge on any atom is 0.263 e. The summed E-state index contributed by atoms with van der Waals surface area (Å²) in [5.41, 5.74) is 1.91. The van der Waals surface area contributed by atoms with Crippen LogP contribution < -0.4 is 24.0 Å². The van der Waals surface area contributed by atoms with Crippen LogP contribution in [0.4, 0.5) is 11.6 Å². The molecular weight excluding hydrogens is 384 g/mol. The molecule has 0 fully saturated rings. The molecule has 0 saturated heterocycles. The van der Waals surface area contributed by atoms with Gasteiger partial charge in [-0.1, -0.05) is 12.1 Å². The van der Waals surface area contributed by atoms with E-state index in [1.54, 1.807) is 24.1 Å². The summed E-state index contributed by atoms with van der Waals surface area (Å²) in [6, 6.07) is 11.0. The summed E-state index contributed by atoms with van der Waals surface area (Å²) in [5, 5.41) is 0. The molecule has 1 aliphatic rings. The van der Waals surface area contributed by atoms with E-state index in [-0.39, 0.29) is 5.91 Å². The molecule has 8 heteroatoms. The molecule has 8 nitrogen and oxygen atoms in total. The first-order valence-corrected chi connectivity index (χ1v) is 9.67. The summed E-state index contributed by atoms with van der Waals surface area (Å²) in [4.78, 5) is 26.9. The van der Waals surface area contributed by atoms with Crippen LogP contribution in [-0.4, -0.2) is 57.3 Å². The van der Waals surface area contributed by atoms with Gasteiger partial charge in [-0.2, -0.15) is 0 Å². The van der Waals surface area contributed by atoms with Gasteiger partial charge in [0, 0.05) is 20.1 Å². The maximum atomic E-state index is 13.7. The van der Waals surface area contributed by atoms with Crippen LogP contribution in [0.5, 0.6) is 17.2 Å². The lowest BCUT2D eigenvalue weighted by Crippen LogP contribution is -2.32. The summed E-state index contributed by atoms with van der Waals surface area (Å²) in [6.45, 7) is 1.29. The van der Waals surface area contributed by atoms with Crippen LogP contribution in [0.25, 0.3) is 11.0 Å². The van der Waals surface area contributed by atoms with E-state index in [0.717, 1.165) is 24.0 Å². The van der Waals surface area contributed by atoms with Crippen LogP contribution in [0.3, 0.4) is 0 Å². The van der Waals surface area contributed by atoms with Gasteiger partial charge in [0.25, 0.3) is 5.91 Å². The highest BCUT2D eigenvalue weighted by molar-refractivity contribution is 6.09. The molecule has 0 N–H and O–H groups in total. The molecule has 30 heavy (non-hydrogen) atoms. The van der Waals surface area contributed by atoms with Gasteiger partial charge in [0.1, 0.15) is 0 Å². The highest BCUT2D eigenvalue weighted by Crippen LogP contribution is 2.41. The Morgan fingerprint density at radius 2 is 1.53 bits per heavy atom. The minimum Gasteiger partial charge on any atom is -0.493 e. The van der Waals surface area contributed by atoms with Crippen molar-refractivity contribution in [3.05, 3.63) is 42.0 Å². The number of carbonyl (C=O) groups excluding carboxylic acids is 1. The number of rotatable bonds is 4. The maximum absolute atomic E-state index is 13.7. The number of hydrogen-bond acceptors (Lipinski definition) is 7. The van der Waals surface area contributed by atoms with Gasteiger partial charge in [0.15, 0.2) is 23.1 Å². The predicted octanol–water partition coefficient (Wildman–Crippen LogP) is 3.14. The number of para-hydroxylation sites is 2. The van der Waals surface area contributed by atoms with Crippen molar-refractivity contribution in [2.45, 2.75) is 6.42 Å². The largest absolute Gasteiger partial charge is 0.493 e. The lowest BCUT2D eigenvalue weighted by molar-refractivity contribution is 0.0983. The van der Waals surface area contributed by atoms with Crippen molar-refractivity contribution in [3.63, 3.8) is 0 Å². The summed E-state index contributed by atoms with van der Waals surface area (Å²) >= 11 is 0. The molecule has 2 heterocycles. The Hall–Kier alpha value is -3.55. The minimum absolute atomic E-state index is 0.228. The lowest BCUT2D eigenvalue weighted by atomic mass is 10.1. The molecule has 0 spiro atoms. The van der Waals surface area contributed by atoms with Gasteiger partial charge in [-0.3, -0.25) is 9.69 Å². The van der Waals surface area contributed by atoms with Crippen molar-refractivity contribution in [2.24, 2.45) is 0 Å². The standard InChI is InChI=1S/C22H24N4O4/c1-25-12-7-13-26(21-20(25)23-15-8-5-6-9-16(15)24-21)22(27)14-10-11-17(28-2)19(30-4)18(14)29-3/h5-6,8-11H,7,12-13H2,1-4H3. The van der Waals surface area contributed by atoms with Crippen molar-refractivity contribution >= 4 is 28.6 Å². The van der Waals surface area contributed by atoms with E-state index in [4.69, 9.17) is 24.2 Å². The molecule has 1 amide bonds. The third kappa shape index (κ3) is 3.24. The quantitative estimate of drug-likeness (QED) is 0.656. The lowest BCUT2D eigenvalue weighted by Gasteiger charge is -2.24. The monoisotopic (exact) mass is 408 g/mol. The number of anilines is 2. The van der Waals surface area contributed by atoms with Crippen LogP contribution in [0.1, 0.15) is 16.8 Å². The molecule has 0 saturated carbocycles. The third-order valence-electron chi connectivity index (χ3n) is 5.21. The van der Waals surface area contributed by atoms with E-state index in [2.05, 4.69) is 0 Å². The van der Waals surface area contributed by atoms with Crippen LogP contribution in [0, 0.1) is 0 Å². The van der Waals surface area contributed by atoms with Crippen molar-refractivity contribution in [1.82, 2.24) is 9.97 Å². The highest BCUT2D eigenvalue weighted by Gasteiger charge is 2.30. The average Bonchev–Trinajstić information content (AvgIpc) is 2.94. The van der Waals surface area contributed by atoms with Crippen molar-refractivity contribution < 1.29 is 19.0 Å². The first kappa shape index (κ1) is 19.8. The van der Waals surface area contributed by atoms with E-state index in [0.29, 0.717) is 41.0 Å². The second kappa shape index (κ2) is 8.06. The fourth-order valence-corrected chi connectivity index (χ4v) is 3.71. The van der Waals surface area contributed by atoms with Gasteiger partial charge < -0.3 is 19.1 Å². The first-order valence-electron chi connectivity index (χ1n) is 9.67. The number of amides is 1. The number of benzene rings is 2. The van der Waals surface area contributed by atoms with Gasteiger partial charge in [-0.15, -0.1) is 0 Å². The van der Waals surface area contributed by atoms with Crippen molar-refractivity contribution in [3.8, 4) is 17.2 Å². The van der Waals surface area contributed by atoms with E-state index in [1.165, 1.54) is 14.2 Å². The molecule has 4 rings (SSSR count). The number of hydrogen-bond donors (Lipinski definition) is 0. The van der Waals surface area contributed by atoms with Crippen molar-refractivity contribution in [1.29, 1.82) is 0 Å². The van der Waals surface area contributed by atoms with Gasteiger partial charge in [-0.05, 0) is 30.7 Å². The number of methoxy groups -OCH3 is 3. The zero-order chi connectivity index (χ0) is 21.3. The zero-order valence-electron chi connectivity index (χ0n) is 17.5. The molecule has 0 unspecified atom stereocenters. The Labute approximate surface area is 175 Å². The SMILES string of the molecule is COc1ccc(C(=O)N2CCCN(C)c3nc4ccccc4nc32)c(OC)c1OC. The first-order chi connectivity index (χ1) is 14.6. The summed E-state index contributed by atoms with van der Waals surface area (Å²) in [7, 11) is 6.53. The number of carbonyl (C=O) groups is 1. The van der Waals surface area contributed by atoms with Crippen LogP contribution >= 0.6 is 0 Å². The smallest absolute Gasteiger partial charge is 0.263 e. The Bertz CT molecular complexity index is 1100. The number of aromatic nitrogens is 2. The van der Waals surface area contributed by atoms with Gasteiger partial charge in [0.05, 0.1) is 37.9 Å². The van der Waals surface area contributed by atoms with E-state index >= 15 is 0 Å². The molecule has 0 atom stereocenters. The normalized spacial score (nSPS) is 13.6. The molecule has 0 aliphatic carbocycles. The topological polar surface area (TPSA) is 77.0 Å². The second-order valence-electron chi connectivity index (χ2n) is 6.97. The van der Waals surface area contributed by atoms with Crippen LogP contribution in [0.15, 0.2) is 36.4 Å². The molecule has 2 aromatic carbocycles. The number of ether oxygens (including phenoxy) is 3. The molecule has 3 aromatic rings. The van der Waals surface area contributed by atoms with E-state index in [9.17, 15) is 4.79 Å². The Morgan fingerprint density at radius 3 is 2.17 bits per heavy atom. The number of nitrogens with zero attached hydrogens (tertiary/aromatic N) is 4. The second-order valence-corrected chi connectivity index (χ2v) is 6.97. The molecule has 0 radical (unpaired) electrons. The third-order valence-corrected chi connectivity index (χ3v) is 5.21. The van der Waals surface area contributed by atoms with Crippen LogP contribution in [-0.2, 0) is 0 Å². The highest BCUT2D eigenvalue weighted by atomic mass is 16.5. The van der Waals surface area contributed by atoms with Crippen LogP contribution in [0.2, 0.25) is 0 Å². The molecule has 1 aromatic heterocycles. The zero-order valence-corrected chi connectivity index (χ0v) is 17.5. The fourth-order valence-electron chi connectivity index (χ4n) is 3.71. The van der Waals surface area contributed by atoms with Gasteiger partial charge in [-0.25, -0.2) is 9.97 Å². The molecule has 0 bridgehead atoms.